The second-order valence-corrected chi connectivity index (χ2v) is 4.26. The Labute approximate surface area is 95.9 Å². The van der Waals surface area contributed by atoms with E-state index in [9.17, 15) is 14.0 Å². The Balaban J connectivity index is 2.37. The Bertz CT molecular complexity index is 499. The van der Waals surface area contributed by atoms with E-state index in [4.69, 9.17) is 0 Å². The summed E-state index contributed by atoms with van der Waals surface area (Å²) in [4.78, 5) is 24.0. The molecular weight excluding hydrogens is 229 g/mol. The Morgan fingerprint density at radius 2 is 2.00 bits per heavy atom. The van der Waals surface area contributed by atoms with Crippen LogP contribution in [0, 0.1) is 5.82 Å². The van der Waals surface area contributed by atoms with Crippen molar-refractivity contribution in [2.75, 3.05) is 7.05 Å². The number of hydrogen-bond donors (Lipinski definition) is 0. The highest BCUT2D eigenvalue weighted by atomic mass is 32.2. The van der Waals surface area contributed by atoms with Gasteiger partial charge in [-0.2, -0.15) is 0 Å². The molecule has 16 heavy (non-hydrogen) atoms. The second kappa shape index (κ2) is 4.09. The Kier molecular flexibility index (Phi) is 2.78. The molecule has 1 saturated heterocycles. The van der Waals surface area contributed by atoms with Gasteiger partial charge >= 0.3 is 0 Å². The van der Waals surface area contributed by atoms with Crippen molar-refractivity contribution in [1.82, 2.24) is 4.90 Å². The van der Waals surface area contributed by atoms with E-state index in [1.165, 1.54) is 19.2 Å². The van der Waals surface area contributed by atoms with Crippen LogP contribution in [0.5, 0.6) is 0 Å². The molecule has 0 aromatic heterocycles. The van der Waals surface area contributed by atoms with Gasteiger partial charge in [-0.25, -0.2) is 4.39 Å². The molecule has 1 aromatic carbocycles. The van der Waals surface area contributed by atoms with E-state index in [1.807, 2.05) is 0 Å². The fourth-order valence-corrected chi connectivity index (χ4v) is 2.10. The van der Waals surface area contributed by atoms with Crippen LogP contribution in [0.3, 0.4) is 0 Å². The molecule has 2 amide bonds. The maximum Gasteiger partial charge on any atom is 0.293 e. The standard InChI is InChI=1S/C11H8FNO2S/c1-13-10(14)9(16-11(13)15)6-7-4-2-3-5-8(7)12/h2-6H,1H3. The Hall–Kier alpha value is -1.62. The SMILES string of the molecule is CN1C(=O)SC(=Cc2ccccc2F)C1=O. The van der Waals surface area contributed by atoms with Crippen LogP contribution in [0.15, 0.2) is 29.2 Å². The summed E-state index contributed by atoms with van der Waals surface area (Å²) in [5, 5.41) is -0.340. The van der Waals surface area contributed by atoms with Crippen LogP contribution in [-0.4, -0.2) is 23.1 Å². The third-order valence-corrected chi connectivity index (χ3v) is 3.14. The van der Waals surface area contributed by atoms with E-state index in [-0.39, 0.29) is 10.1 Å². The maximum absolute atomic E-state index is 13.3. The molecule has 1 aliphatic rings. The Morgan fingerprint density at radius 3 is 2.56 bits per heavy atom. The molecule has 0 bridgehead atoms. The maximum atomic E-state index is 13.3. The number of rotatable bonds is 1. The lowest BCUT2D eigenvalue weighted by atomic mass is 10.2. The van der Waals surface area contributed by atoms with Gasteiger partial charge in [0.25, 0.3) is 11.1 Å². The van der Waals surface area contributed by atoms with Crippen molar-refractivity contribution in [2.45, 2.75) is 0 Å². The molecule has 3 nitrogen and oxygen atoms in total. The quantitative estimate of drug-likeness (QED) is 0.704. The summed E-state index contributed by atoms with van der Waals surface area (Å²) in [5.74, 6) is -0.802. The average Bonchev–Trinajstić information content (AvgIpc) is 2.50. The van der Waals surface area contributed by atoms with Gasteiger partial charge in [0.05, 0.1) is 4.91 Å². The first-order valence-corrected chi connectivity index (χ1v) is 5.37. The first-order chi connectivity index (χ1) is 7.59. The topological polar surface area (TPSA) is 37.4 Å². The molecule has 0 aliphatic carbocycles. The number of amides is 2. The first kappa shape index (κ1) is 10.9. The predicted molar refractivity (Wildman–Crippen MR) is 60.1 cm³/mol. The number of nitrogens with zero attached hydrogens (tertiary/aromatic N) is 1. The Morgan fingerprint density at radius 1 is 1.31 bits per heavy atom. The summed E-state index contributed by atoms with van der Waals surface area (Å²) in [6.07, 6.45) is 1.39. The number of imide groups is 1. The molecule has 1 aromatic rings. The molecule has 0 saturated carbocycles. The molecule has 0 atom stereocenters. The number of halogens is 1. The highest BCUT2D eigenvalue weighted by Gasteiger charge is 2.31. The van der Waals surface area contributed by atoms with Gasteiger partial charge < -0.3 is 0 Å². The van der Waals surface area contributed by atoms with Crippen molar-refractivity contribution in [1.29, 1.82) is 0 Å². The van der Waals surface area contributed by atoms with Crippen LogP contribution in [0.2, 0.25) is 0 Å². The van der Waals surface area contributed by atoms with Gasteiger partial charge in [0.2, 0.25) is 0 Å². The zero-order chi connectivity index (χ0) is 11.7. The summed E-state index contributed by atoms with van der Waals surface area (Å²) < 4.78 is 13.3. The van der Waals surface area contributed by atoms with Gasteiger partial charge in [-0.15, -0.1) is 0 Å². The van der Waals surface area contributed by atoms with E-state index < -0.39 is 11.7 Å². The zero-order valence-electron chi connectivity index (χ0n) is 8.44. The average molecular weight is 237 g/mol. The van der Waals surface area contributed by atoms with Crippen LogP contribution in [-0.2, 0) is 4.79 Å². The minimum absolute atomic E-state index is 0.248. The second-order valence-electron chi connectivity index (χ2n) is 3.26. The largest absolute Gasteiger partial charge is 0.293 e. The number of benzene rings is 1. The van der Waals surface area contributed by atoms with Crippen molar-refractivity contribution in [3.63, 3.8) is 0 Å². The van der Waals surface area contributed by atoms with Crippen molar-refractivity contribution in [3.05, 3.63) is 40.6 Å². The highest BCUT2D eigenvalue weighted by molar-refractivity contribution is 8.18. The van der Waals surface area contributed by atoms with Gasteiger partial charge in [-0.05, 0) is 23.9 Å². The number of thioether (sulfide) groups is 1. The van der Waals surface area contributed by atoms with Crippen LogP contribution >= 0.6 is 11.8 Å². The van der Waals surface area contributed by atoms with Crippen molar-refractivity contribution in [3.8, 4) is 0 Å². The van der Waals surface area contributed by atoms with Crippen LogP contribution in [0.4, 0.5) is 9.18 Å². The summed E-state index contributed by atoms with van der Waals surface area (Å²) in [6, 6.07) is 6.10. The minimum atomic E-state index is -0.412. The molecule has 1 heterocycles. The van der Waals surface area contributed by atoms with E-state index in [2.05, 4.69) is 0 Å². The molecule has 0 radical (unpaired) electrons. The molecule has 2 rings (SSSR count). The number of hydrogen-bond acceptors (Lipinski definition) is 3. The van der Waals surface area contributed by atoms with E-state index in [0.29, 0.717) is 5.56 Å². The fraction of sp³-hybridized carbons (Fsp3) is 0.0909. The summed E-state index contributed by atoms with van der Waals surface area (Å²) in [5.41, 5.74) is 0.307. The first-order valence-electron chi connectivity index (χ1n) is 4.55. The molecule has 1 fully saturated rings. The van der Waals surface area contributed by atoms with Crippen molar-refractivity contribution >= 4 is 29.0 Å². The summed E-state index contributed by atoms with van der Waals surface area (Å²) in [6.45, 7) is 0. The third-order valence-electron chi connectivity index (χ3n) is 2.18. The van der Waals surface area contributed by atoms with E-state index in [1.54, 1.807) is 18.2 Å². The van der Waals surface area contributed by atoms with Crippen LogP contribution in [0.25, 0.3) is 6.08 Å². The number of likely N-dealkylation sites (N-methyl/N-ethyl adjacent to an activating group) is 1. The summed E-state index contributed by atoms with van der Waals surface area (Å²) >= 11 is 0.817. The molecule has 5 heteroatoms. The van der Waals surface area contributed by atoms with Crippen LogP contribution < -0.4 is 0 Å². The van der Waals surface area contributed by atoms with Crippen molar-refractivity contribution < 1.29 is 14.0 Å². The van der Waals surface area contributed by atoms with Crippen molar-refractivity contribution in [2.24, 2.45) is 0 Å². The molecule has 0 N–H and O–H groups in total. The smallest absolute Gasteiger partial charge is 0.272 e. The lowest BCUT2D eigenvalue weighted by molar-refractivity contribution is -0.121. The van der Waals surface area contributed by atoms with Gasteiger partial charge in [-0.3, -0.25) is 14.5 Å². The molecule has 1 aliphatic heterocycles. The van der Waals surface area contributed by atoms with Crippen LogP contribution in [0.1, 0.15) is 5.56 Å². The van der Waals surface area contributed by atoms with Gasteiger partial charge in [-0.1, -0.05) is 18.2 Å². The predicted octanol–water partition coefficient (Wildman–Crippen LogP) is 2.49. The van der Waals surface area contributed by atoms with E-state index >= 15 is 0 Å². The highest BCUT2D eigenvalue weighted by Crippen LogP contribution is 2.31. The molecule has 0 unspecified atom stereocenters. The van der Waals surface area contributed by atoms with Gasteiger partial charge in [0.15, 0.2) is 0 Å². The minimum Gasteiger partial charge on any atom is -0.272 e. The summed E-state index contributed by atoms with van der Waals surface area (Å²) in [7, 11) is 1.40. The van der Waals surface area contributed by atoms with E-state index in [0.717, 1.165) is 16.7 Å². The lowest BCUT2D eigenvalue weighted by Crippen LogP contribution is -2.22. The monoisotopic (exact) mass is 237 g/mol. The van der Waals surface area contributed by atoms with Gasteiger partial charge in [0, 0.05) is 12.6 Å². The molecular formula is C11H8FNO2S. The normalized spacial score (nSPS) is 18.6. The fourth-order valence-electron chi connectivity index (χ4n) is 1.28. The molecule has 0 spiro atoms. The van der Waals surface area contributed by atoms with Gasteiger partial charge in [0.1, 0.15) is 5.82 Å². The number of carbonyl (C=O) groups is 2. The zero-order valence-corrected chi connectivity index (χ0v) is 9.25. The third kappa shape index (κ3) is 1.86. The lowest BCUT2D eigenvalue weighted by Gasteiger charge is -2.01. The number of carbonyl (C=O) groups excluding carboxylic acids is 2. The molecule has 82 valence electrons.